The second-order valence-electron chi connectivity index (χ2n) is 8.00. The van der Waals surface area contributed by atoms with Crippen molar-refractivity contribution >= 4 is 17.5 Å². The predicted molar refractivity (Wildman–Crippen MR) is 106 cm³/mol. The van der Waals surface area contributed by atoms with Crippen LogP contribution in [0.15, 0.2) is 36.8 Å². The van der Waals surface area contributed by atoms with E-state index in [-0.39, 0.29) is 5.41 Å². The van der Waals surface area contributed by atoms with E-state index in [0.29, 0.717) is 18.9 Å². The third-order valence-electron chi connectivity index (χ3n) is 6.13. The largest absolute Gasteiger partial charge is 0.338 e. The second kappa shape index (κ2) is 7.64. The molecule has 4 rings (SSSR count). The molecule has 0 aliphatic carbocycles. The van der Waals surface area contributed by atoms with E-state index in [1.54, 1.807) is 0 Å². The molecule has 2 aromatic rings. The van der Waals surface area contributed by atoms with Gasteiger partial charge in [-0.15, -0.1) is 0 Å². The van der Waals surface area contributed by atoms with Crippen LogP contribution in [-0.2, 0) is 24.4 Å². The highest BCUT2D eigenvalue weighted by Crippen LogP contribution is 2.41. The van der Waals surface area contributed by atoms with Crippen LogP contribution >= 0.6 is 11.6 Å². The third-order valence-corrected chi connectivity index (χ3v) is 6.39. The summed E-state index contributed by atoms with van der Waals surface area (Å²) in [5.41, 5.74) is 2.58. The number of hydrogen-bond donors (Lipinski definition) is 0. The fourth-order valence-corrected chi connectivity index (χ4v) is 4.58. The Labute approximate surface area is 165 Å². The molecule has 2 saturated heterocycles. The van der Waals surface area contributed by atoms with Crippen molar-refractivity contribution in [3.05, 3.63) is 53.1 Å². The normalized spacial score (nSPS) is 19.9. The smallest absolute Gasteiger partial charge is 0.223 e. The number of nitrogens with zero attached hydrogens (tertiary/aromatic N) is 4. The van der Waals surface area contributed by atoms with Gasteiger partial charge in [-0.2, -0.15) is 0 Å². The molecule has 2 aliphatic rings. The van der Waals surface area contributed by atoms with Crippen LogP contribution in [0.5, 0.6) is 0 Å². The molecule has 0 saturated carbocycles. The maximum absolute atomic E-state index is 12.6. The quantitative estimate of drug-likeness (QED) is 0.788. The molecular weight excluding hydrogens is 360 g/mol. The molecule has 1 amide bonds. The molecule has 2 fully saturated rings. The van der Waals surface area contributed by atoms with Crippen LogP contribution in [-0.4, -0.2) is 44.9 Å². The van der Waals surface area contributed by atoms with Gasteiger partial charge >= 0.3 is 0 Å². The molecule has 1 spiro atoms. The van der Waals surface area contributed by atoms with Crippen LogP contribution in [0.2, 0.25) is 5.02 Å². The Morgan fingerprint density at radius 2 is 1.89 bits per heavy atom. The molecule has 3 heterocycles. The molecule has 0 unspecified atom stereocenters. The van der Waals surface area contributed by atoms with Gasteiger partial charge < -0.3 is 9.47 Å². The molecule has 5 nitrogen and oxygen atoms in total. The lowest BCUT2D eigenvalue weighted by molar-refractivity contribution is -0.128. The molecule has 0 radical (unpaired) electrons. The SMILES string of the molecule is CCn1cncc1CN1CCC2(CC1)CC(=O)N(Cc1ccc(Cl)cc1)C2. The minimum Gasteiger partial charge on any atom is -0.338 e. The first-order chi connectivity index (χ1) is 13.1. The van der Waals surface area contributed by atoms with E-state index in [2.05, 4.69) is 21.4 Å². The topological polar surface area (TPSA) is 41.4 Å². The van der Waals surface area contributed by atoms with E-state index >= 15 is 0 Å². The Balaban J connectivity index is 1.34. The van der Waals surface area contributed by atoms with Crippen molar-refractivity contribution in [3.63, 3.8) is 0 Å². The number of rotatable bonds is 5. The van der Waals surface area contributed by atoms with Gasteiger partial charge in [0.2, 0.25) is 5.91 Å². The third kappa shape index (κ3) is 4.04. The average molecular weight is 387 g/mol. The van der Waals surface area contributed by atoms with E-state index in [9.17, 15) is 4.79 Å². The molecule has 2 aliphatic heterocycles. The highest BCUT2D eigenvalue weighted by atomic mass is 35.5. The van der Waals surface area contributed by atoms with Gasteiger partial charge in [-0.3, -0.25) is 9.69 Å². The predicted octanol–water partition coefficient (Wildman–Crippen LogP) is 3.57. The number of aromatic nitrogens is 2. The monoisotopic (exact) mass is 386 g/mol. The van der Waals surface area contributed by atoms with E-state index < -0.39 is 0 Å². The maximum Gasteiger partial charge on any atom is 0.223 e. The van der Waals surface area contributed by atoms with Crippen molar-refractivity contribution in [2.45, 2.75) is 45.8 Å². The van der Waals surface area contributed by atoms with Crippen LogP contribution in [0.4, 0.5) is 0 Å². The summed E-state index contributed by atoms with van der Waals surface area (Å²) < 4.78 is 2.21. The molecule has 0 bridgehead atoms. The summed E-state index contributed by atoms with van der Waals surface area (Å²) in [7, 11) is 0. The number of imidazole rings is 1. The summed E-state index contributed by atoms with van der Waals surface area (Å²) in [6.45, 7) is 7.74. The number of benzene rings is 1. The van der Waals surface area contributed by atoms with Crippen molar-refractivity contribution in [1.82, 2.24) is 19.4 Å². The lowest BCUT2D eigenvalue weighted by Crippen LogP contribution is -2.41. The van der Waals surface area contributed by atoms with Gasteiger partial charge in [-0.05, 0) is 56.0 Å². The molecular formula is C21H27ClN4O. The standard InChI is InChI=1S/C21H27ClN4O/c1-2-25-16-23-12-19(25)14-24-9-7-21(8-10-24)11-20(27)26(15-21)13-17-3-5-18(22)6-4-17/h3-6,12,16H,2,7-11,13-15H2,1H3. The fraction of sp³-hybridized carbons (Fsp3) is 0.524. The van der Waals surface area contributed by atoms with Gasteiger partial charge in [0.05, 0.1) is 12.0 Å². The van der Waals surface area contributed by atoms with E-state index in [4.69, 9.17) is 11.6 Å². The van der Waals surface area contributed by atoms with E-state index in [0.717, 1.165) is 56.2 Å². The first-order valence-corrected chi connectivity index (χ1v) is 10.2. The number of carbonyl (C=O) groups is 1. The molecule has 0 N–H and O–H groups in total. The fourth-order valence-electron chi connectivity index (χ4n) is 4.45. The summed E-state index contributed by atoms with van der Waals surface area (Å²) in [6.07, 6.45) is 6.76. The molecule has 144 valence electrons. The van der Waals surface area contributed by atoms with Gasteiger partial charge in [0, 0.05) is 43.8 Å². The first kappa shape index (κ1) is 18.5. The summed E-state index contributed by atoms with van der Waals surface area (Å²) >= 11 is 5.97. The molecule has 1 aromatic carbocycles. The van der Waals surface area contributed by atoms with Crippen molar-refractivity contribution < 1.29 is 4.79 Å². The number of likely N-dealkylation sites (tertiary alicyclic amines) is 2. The van der Waals surface area contributed by atoms with Crippen LogP contribution in [0.1, 0.15) is 37.4 Å². The van der Waals surface area contributed by atoms with E-state index in [1.807, 2.05) is 41.7 Å². The van der Waals surface area contributed by atoms with Gasteiger partial charge in [0.1, 0.15) is 0 Å². The van der Waals surface area contributed by atoms with Crippen molar-refractivity contribution in [3.8, 4) is 0 Å². The van der Waals surface area contributed by atoms with Gasteiger partial charge in [0.15, 0.2) is 0 Å². The lowest BCUT2D eigenvalue weighted by Gasteiger charge is -2.38. The molecule has 1 aromatic heterocycles. The van der Waals surface area contributed by atoms with Crippen LogP contribution in [0.3, 0.4) is 0 Å². The van der Waals surface area contributed by atoms with Crippen molar-refractivity contribution in [2.75, 3.05) is 19.6 Å². The zero-order chi connectivity index (χ0) is 18.9. The minimum absolute atomic E-state index is 0.158. The Kier molecular flexibility index (Phi) is 5.24. The Bertz CT molecular complexity index is 793. The number of piperidine rings is 1. The first-order valence-electron chi connectivity index (χ1n) is 9.80. The summed E-state index contributed by atoms with van der Waals surface area (Å²) in [5, 5.41) is 0.736. The Morgan fingerprint density at radius 3 is 2.59 bits per heavy atom. The number of halogens is 1. The summed E-state index contributed by atoms with van der Waals surface area (Å²) in [4.78, 5) is 21.4. The van der Waals surface area contributed by atoms with Gasteiger partial charge in [-0.1, -0.05) is 23.7 Å². The molecule has 27 heavy (non-hydrogen) atoms. The zero-order valence-corrected chi connectivity index (χ0v) is 16.7. The van der Waals surface area contributed by atoms with Gasteiger partial charge in [-0.25, -0.2) is 4.98 Å². The zero-order valence-electron chi connectivity index (χ0n) is 15.9. The lowest BCUT2D eigenvalue weighted by atomic mass is 9.77. The highest BCUT2D eigenvalue weighted by Gasteiger charge is 2.44. The molecule has 0 atom stereocenters. The van der Waals surface area contributed by atoms with Crippen molar-refractivity contribution in [2.24, 2.45) is 5.41 Å². The average Bonchev–Trinajstić information content (AvgIpc) is 3.23. The number of aryl methyl sites for hydroxylation is 1. The number of amides is 1. The number of hydrogen-bond acceptors (Lipinski definition) is 3. The number of carbonyl (C=O) groups excluding carboxylic acids is 1. The minimum atomic E-state index is 0.158. The van der Waals surface area contributed by atoms with Crippen LogP contribution in [0, 0.1) is 5.41 Å². The Morgan fingerprint density at radius 1 is 1.15 bits per heavy atom. The maximum atomic E-state index is 12.6. The Hall–Kier alpha value is -1.85. The summed E-state index contributed by atoms with van der Waals surface area (Å²) in [5.74, 6) is 0.294. The van der Waals surface area contributed by atoms with Gasteiger partial charge in [0.25, 0.3) is 0 Å². The van der Waals surface area contributed by atoms with Crippen LogP contribution in [0.25, 0.3) is 0 Å². The summed E-state index contributed by atoms with van der Waals surface area (Å²) in [6, 6.07) is 7.82. The van der Waals surface area contributed by atoms with Crippen molar-refractivity contribution in [1.29, 1.82) is 0 Å². The highest BCUT2D eigenvalue weighted by molar-refractivity contribution is 6.30. The molecule has 6 heteroatoms. The van der Waals surface area contributed by atoms with E-state index in [1.165, 1.54) is 5.69 Å². The van der Waals surface area contributed by atoms with Crippen LogP contribution < -0.4 is 0 Å². The second-order valence-corrected chi connectivity index (χ2v) is 8.44.